The van der Waals surface area contributed by atoms with Crippen LogP contribution in [0.15, 0.2) is 36.5 Å². The fourth-order valence-corrected chi connectivity index (χ4v) is 2.06. The summed E-state index contributed by atoms with van der Waals surface area (Å²) in [6, 6.07) is 9.80. The largest absolute Gasteiger partial charge is 0.383 e. The molecule has 1 amide bonds. The number of methoxy groups -OCH3 is 1. The molecule has 0 fully saturated rings. The van der Waals surface area contributed by atoms with Crippen molar-refractivity contribution in [1.82, 2.24) is 15.1 Å². The Labute approximate surface area is 118 Å². The Kier molecular flexibility index (Phi) is 4.90. The van der Waals surface area contributed by atoms with Gasteiger partial charge in [0.25, 0.3) is 5.91 Å². The van der Waals surface area contributed by atoms with Crippen LogP contribution in [0.3, 0.4) is 0 Å². The van der Waals surface area contributed by atoms with Crippen LogP contribution in [-0.2, 0) is 11.2 Å². The second-order valence-corrected chi connectivity index (χ2v) is 4.35. The zero-order valence-corrected chi connectivity index (χ0v) is 11.8. The smallest absolute Gasteiger partial charge is 0.254 e. The number of hydrogen-bond acceptors (Lipinski definition) is 3. The molecule has 0 saturated carbocycles. The molecule has 1 N–H and O–H groups in total. The number of rotatable bonds is 6. The third-order valence-electron chi connectivity index (χ3n) is 3.04. The number of para-hydroxylation sites is 1. The van der Waals surface area contributed by atoms with Crippen molar-refractivity contribution in [2.45, 2.75) is 13.3 Å². The van der Waals surface area contributed by atoms with Crippen molar-refractivity contribution in [2.24, 2.45) is 0 Å². The number of ether oxygens (including phenoxy) is 1. The van der Waals surface area contributed by atoms with Crippen LogP contribution in [0.1, 0.15) is 23.0 Å². The average Bonchev–Trinajstić information content (AvgIpc) is 2.92. The maximum Gasteiger partial charge on any atom is 0.254 e. The summed E-state index contributed by atoms with van der Waals surface area (Å²) in [5.41, 5.74) is 2.49. The molecule has 0 bridgehead atoms. The zero-order chi connectivity index (χ0) is 14.4. The van der Waals surface area contributed by atoms with Gasteiger partial charge in [-0.3, -0.25) is 4.79 Å². The molecule has 0 atom stereocenters. The summed E-state index contributed by atoms with van der Waals surface area (Å²) in [4.78, 5) is 12.1. The van der Waals surface area contributed by atoms with Crippen molar-refractivity contribution in [1.29, 1.82) is 0 Å². The summed E-state index contributed by atoms with van der Waals surface area (Å²) in [6.45, 7) is 3.01. The van der Waals surface area contributed by atoms with Gasteiger partial charge in [0.15, 0.2) is 0 Å². The number of benzene rings is 1. The third-order valence-corrected chi connectivity index (χ3v) is 3.04. The Bertz CT molecular complexity index is 564. The summed E-state index contributed by atoms with van der Waals surface area (Å²) in [6.07, 6.45) is 2.36. The number of carbonyl (C=O) groups is 1. The van der Waals surface area contributed by atoms with Crippen molar-refractivity contribution < 1.29 is 9.53 Å². The summed E-state index contributed by atoms with van der Waals surface area (Å²) in [5, 5.41) is 7.15. The highest BCUT2D eigenvalue weighted by atomic mass is 16.5. The molecule has 1 aromatic heterocycles. The van der Waals surface area contributed by atoms with Crippen LogP contribution in [0.5, 0.6) is 0 Å². The summed E-state index contributed by atoms with van der Waals surface area (Å²) in [5.74, 6) is -0.110. The van der Waals surface area contributed by atoms with E-state index in [0.717, 1.165) is 17.8 Å². The molecule has 2 aromatic rings. The maximum atomic E-state index is 12.1. The van der Waals surface area contributed by atoms with Gasteiger partial charge in [0.1, 0.15) is 0 Å². The lowest BCUT2D eigenvalue weighted by Gasteiger charge is -2.08. The van der Waals surface area contributed by atoms with Gasteiger partial charge in [-0.2, -0.15) is 5.10 Å². The minimum Gasteiger partial charge on any atom is -0.383 e. The molecule has 0 saturated heterocycles. The highest BCUT2D eigenvalue weighted by Crippen LogP contribution is 2.15. The lowest BCUT2D eigenvalue weighted by atomic mass is 10.2. The first-order valence-electron chi connectivity index (χ1n) is 6.67. The molecule has 0 unspecified atom stereocenters. The first kappa shape index (κ1) is 14.3. The monoisotopic (exact) mass is 273 g/mol. The Morgan fingerprint density at radius 3 is 2.75 bits per heavy atom. The molecule has 0 radical (unpaired) electrons. The van der Waals surface area contributed by atoms with E-state index in [9.17, 15) is 4.79 Å². The van der Waals surface area contributed by atoms with E-state index in [2.05, 4.69) is 10.4 Å². The van der Waals surface area contributed by atoms with Gasteiger partial charge in [-0.15, -0.1) is 0 Å². The molecule has 5 nitrogen and oxygen atoms in total. The van der Waals surface area contributed by atoms with Gasteiger partial charge in [-0.25, -0.2) is 4.68 Å². The van der Waals surface area contributed by atoms with Crippen LogP contribution in [0.4, 0.5) is 0 Å². The second-order valence-electron chi connectivity index (χ2n) is 4.35. The van der Waals surface area contributed by atoms with Crippen LogP contribution in [0, 0.1) is 0 Å². The molecule has 0 aliphatic heterocycles. The van der Waals surface area contributed by atoms with Crippen LogP contribution < -0.4 is 5.32 Å². The SMILES string of the molecule is CCc1c(C(=O)NCCOC)cnn1-c1ccccc1. The molecule has 20 heavy (non-hydrogen) atoms. The van der Waals surface area contributed by atoms with Crippen LogP contribution >= 0.6 is 0 Å². The van der Waals surface area contributed by atoms with Gasteiger partial charge >= 0.3 is 0 Å². The Balaban J connectivity index is 2.24. The van der Waals surface area contributed by atoms with E-state index in [1.807, 2.05) is 41.9 Å². The molecule has 1 aromatic carbocycles. The minimum atomic E-state index is -0.110. The van der Waals surface area contributed by atoms with E-state index in [1.165, 1.54) is 0 Å². The topological polar surface area (TPSA) is 56.1 Å². The van der Waals surface area contributed by atoms with Gasteiger partial charge in [0.2, 0.25) is 0 Å². The van der Waals surface area contributed by atoms with E-state index in [1.54, 1.807) is 13.3 Å². The molecule has 0 aliphatic rings. The Hall–Kier alpha value is -2.14. The first-order valence-corrected chi connectivity index (χ1v) is 6.67. The predicted molar refractivity (Wildman–Crippen MR) is 77.2 cm³/mol. The molecular weight excluding hydrogens is 254 g/mol. The van der Waals surface area contributed by atoms with E-state index in [-0.39, 0.29) is 5.91 Å². The number of hydrogen-bond donors (Lipinski definition) is 1. The molecule has 0 aliphatic carbocycles. The molecular formula is C15H19N3O2. The quantitative estimate of drug-likeness (QED) is 0.817. The maximum absolute atomic E-state index is 12.1. The fourth-order valence-electron chi connectivity index (χ4n) is 2.06. The van der Waals surface area contributed by atoms with E-state index < -0.39 is 0 Å². The standard InChI is InChI=1S/C15H19N3O2/c1-3-14-13(15(19)16-9-10-20-2)11-17-18(14)12-7-5-4-6-8-12/h4-8,11H,3,9-10H2,1-2H3,(H,16,19). The molecule has 5 heteroatoms. The number of nitrogens with zero attached hydrogens (tertiary/aromatic N) is 2. The lowest BCUT2D eigenvalue weighted by Crippen LogP contribution is -2.27. The highest BCUT2D eigenvalue weighted by Gasteiger charge is 2.16. The van der Waals surface area contributed by atoms with Crippen molar-refractivity contribution in [3.05, 3.63) is 47.8 Å². The predicted octanol–water partition coefficient (Wildman–Crippen LogP) is 1.81. The Morgan fingerprint density at radius 1 is 1.35 bits per heavy atom. The van der Waals surface area contributed by atoms with Crippen molar-refractivity contribution in [3.8, 4) is 5.69 Å². The van der Waals surface area contributed by atoms with E-state index in [0.29, 0.717) is 18.7 Å². The Morgan fingerprint density at radius 2 is 2.10 bits per heavy atom. The summed E-state index contributed by atoms with van der Waals surface area (Å²) in [7, 11) is 1.61. The van der Waals surface area contributed by atoms with E-state index >= 15 is 0 Å². The van der Waals surface area contributed by atoms with Gasteiger partial charge in [-0.1, -0.05) is 25.1 Å². The highest BCUT2D eigenvalue weighted by molar-refractivity contribution is 5.95. The summed E-state index contributed by atoms with van der Waals surface area (Å²) < 4.78 is 6.73. The number of nitrogens with one attached hydrogen (secondary N) is 1. The van der Waals surface area contributed by atoms with Gasteiger partial charge in [0, 0.05) is 13.7 Å². The third kappa shape index (κ3) is 3.05. The number of carbonyl (C=O) groups excluding carboxylic acids is 1. The normalized spacial score (nSPS) is 10.5. The van der Waals surface area contributed by atoms with Gasteiger partial charge in [0.05, 0.1) is 29.7 Å². The van der Waals surface area contributed by atoms with Crippen LogP contribution in [0.25, 0.3) is 5.69 Å². The van der Waals surface area contributed by atoms with Crippen LogP contribution in [-0.4, -0.2) is 35.9 Å². The molecule has 0 spiro atoms. The van der Waals surface area contributed by atoms with Crippen molar-refractivity contribution >= 4 is 5.91 Å². The zero-order valence-electron chi connectivity index (χ0n) is 11.8. The molecule has 106 valence electrons. The van der Waals surface area contributed by atoms with Crippen molar-refractivity contribution in [2.75, 3.05) is 20.3 Å². The number of amides is 1. The van der Waals surface area contributed by atoms with Gasteiger partial charge < -0.3 is 10.1 Å². The average molecular weight is 273 g/mol. The number of aromatic nitrogens is 2. The van der Waals surface area contributed by atoms with Crippen LogP contribution in [0.2, 0.25) is 0 Å². The fraction of sp³-hybridized carbons (Fsp3) is 0.333. The first-order chi connectivity index (χ1) is 9.77. The van der Waals surface area contributed by atoms with E-state index in [4.69, 9.17) is 4.74 Å². The van der Waals surface area contributed by atoms with Gasteiger partial charge in [-0.05, 0) is 18.6 Å². The lowest BCUT2D eigenvalue weighted by molar-refractivity contribution is 0.0936. The second kappa shape index (κ2) is 6.86. The van der Waals surface area contributed by atoms with Crippen molar-refractivity contribution in [3.63, 3.8) is 0 Å². The molecule has 2 rings (SSSR count). The molecule has 1 heterocycles. The summed E-state index contributed by atoms with van der Waals surface area (Å²) >= 11 is 0. The minimum absolute atomic E-state index is 0.110.